The lowest BCUT2D eigenvalue weighted by Gasteiger charge is -2.28. The fraction of sp³-hybridized carbons (Fsp3) is 0.167. The van der Waals surface area contributed by atoms with Crippen LogP contribution in [0.3, 0.4) is 0 Å². The molecule has 1 N–H and O–H groups in total. The molecule has 1 aliphatic heterocycles. The maximum Gasteiger partial charge on any atom is 0.255 e. The molecule has 1 heterocycles. The van der Waals surface area contributed by atoms with E-state index in [1.165, 1.54) is 12.1 Å². The van der Waals surface area contributed by atoms with Crippen molar-refractivity contribution in [3.8, 4) is 0 Å². The second-order valence-corrected chi connectivity index (χ2v) is 8.02. The minimum atomic E-state index is -0.491. The van der Waals surface area contributed by atoms with E-state index in [-0.39, 0.29) is 24.1 Å². The van der Waals surface area contributed by atoms with E-state index >= 15 is 0 Å². The van der Waals surface area contributed by atoms with Crippen LogP contribution in [0.1, 0.15) is 33.9 Å². The van der Waals surface area contributed by atoms with Gasteiger partial charge < -0.3 is 10.2 Å². The summed E-state index contributed by atoms with van der Waals surface area (Å²) in [6.07, 6.45) is 2.05. The van der Waals surface area contributed by atoms with Gasteiger partial charge in [-0.3, -0.25) is 9.59 Å². The third kappa shape index (κ3) is 4.24. The molecule has 1 atom stereocenters. The zero-order valence-electron chi connectivity index (χ0n) is 16.5. The summed E-state index contributed by atoms with van der Waals surface area (Å²) in [5, 5.41) is 2.92. The molecule has 0 saturated heterocycles. The number of carbonyl (C=O) groups excluding carboxylic acids is 2. The molecule has 3 aromatic rings. The number of nitrogens with one attached hydrogen (secondary N) is 1. The van der Waals surface area contributed by atoms with Crippen LogP contribution in [0, 0.1) is 5.82 Å². The Hall–Kier alpha value is -3.12. The van der Waals surface area contributed by atoms with Crippen LogP contribution < -0.4 is 5.32 Å². The van der Waals surface area contributed by atoms with Crippen LogP contribution in [-0.2, 0) is 11.3 Å². The number of anilines is 1. The third-order valence-corrected chi connectivity index (χ3v) is 5.94. The fourth-order valence-corrected chi connectivity index (χ4v) is 4.17. The Morgan fingerprint density at radius 3 is 2.60 bits per heavy atom. The predicted molar refractivity (Wildman–Crippen MR) is 117 cm³/mol. The van der Waals surface area contributed by atoms with E-state index in [4.69, 9.17) is 0 Å². The highest BCUT2D eigenvalue weighted by Crippen LogP contribution is 2.34. The van der Waals surface area contributed by atoms with Crippen molar-refractivity contribution >= 4 is 29.3 Å². The predicted octanol–water partition coefficient (Wildman–Crippen LogP) is 5.27. The molecule has 152 valence electrons. The van der Waals surface area contributed by atoms with Gasteiger partial charge in [-0.2, -0.15) is 0 Å². The number of benzene rings is 3. The molecule has 0 aromatic heterocycles. The highest BCUT2D eigenvalue weighted by molar-refractivity contribution is 7.98. The highest BCUT2D eigenvalue weighted by atomic mass is 32.2. The van der Waals surface area contributed by atoms with Gasteiger partial charge in [-0.15, -0.1) is 11.8 Å². The van der Waals surface area contributed by atoms with Crippen LogP contribution in [0.2, 0.25) is 0 Å². The summed E-state index contributed by atoms with van der Waals surface area (Å²) in [5.41, 5.74) is 3.02. The van der Waals surface area contributed by atoms with E-state index < -0.39 is 6.04 Å². The molecule has 0 fully saturated rings. The number of rotatable bonds is 6. The minimum absolute atomic E-state index is 0.0782. The highest BCUT2D eigenvalue weighted by Gasteiger charge is 2.34. The summed E-state index contributed by atoms with van der Waals surface area (Å²) >= 11 is 1.60. The molecule has 4 nitrogen and oxygen atoms in total. The standard InChI is InChI=1S/C24H21FN2O2S/c1-30-20-7-4-6-19(13-20)26-23(28)14-22(16-9-11-18(25)12-10-16)27-15-17-5-2-3-8-21(17)24(27)29/h2-13,22H,14-15H2,1H3,(H,26,28)/t22-/m1/s1. The van der Waals surface area contributed by atoms with Crippen molar-refractivity contribution in [3.05, 3.63) is 95.3 Å². The molecule has 2 amide bonds. The van der Waals surface area contributed by atoms with E-state index in [1.54, 1.807) is 34.9 Å². The number of hydrogen-bond acceptors (Lipinski definition) is 3. The van der Waals surface area contributed by atoms with Crippen molar-refractivity contribution in [1.82, 2.24) is 4.90 Å². The molecule has 4 rings (SSSR count). The topological polar surface area (TPSA) is 49.4 Å². The van der Waals surface area contributed by atoms with Crippen LogP contribution in [0.4, 0.5) is 10.1 Å². The lowest BCUT2D eigenvalue weighted by Crippen LogP contribution is -2.32. The molecule has 3 aromatic carbocycles. The molecule has 0 bridgehead atoms. The molecule has 6 heteroatoms. The maximum absolute atomic E-state index is 13.5. The van der Waals surface area contributed by atoms with Gasteiger partial charge in [-0.05, 0) is 53.8 Å². The van der Waals surface area contributed by atoms with Crippen molar-refractivity contribution in [2.45, 2.75) is 23.9 Å². The average Bonchev–Trinajstić information content (AvgIpc) is 3.09. The third-order valence-electron chi connectivity index (χ3n) is 5.21. The van der Waals surface area contributed by atoms with Crippen molar-refractivity contribution < 1.29 is 14.0 Å². The Labute approximate surface area is 179 Å². The SMILES string of the molecule is CSc1cccc(NC(=O)C[C@H](c2ccc(F)cc2)N2Cc3ccccc3C2=O)c1. The van der Waals surface area contributed by atoms with Crippen molar-refractivity contribution in [1.29, 1.82) is 0 Å². The molecule has 0 spiro atoms. The minimum Gasteiger partial charge on any atom is -0.327 e. The summed E-state index contributed by atoms with van der Waals surface area (Å²) in [6, 6.07) is 20.5. The second-order valence-electron chi connectivity index (χ2n) is 7.14. The first-order valence-electron chi connectivity index (χ1n) is 9.63. The van der Waals surface area contributed by atoms with Gasteiger partial charge in [0.2, 0.25) is 5.91 Å². The van der Waals surface area contributed by atoms with Crippen LogP contribution >= 0.6 is 11.8 Å². The fourth-order valence-electron chi connectivity index (χ4n) is 3.71. The zero-order chi connectivity index (χ0) is 21.1. The van der Waals surface area contributed by atoms with E-state index in [0.29, 0.717) is 17.8 Å². The first-order chi connectivity index (χ1) is 14.5. The molecule has 30 heavy (non-hydrogen) atoms. The first-order valence-corrected chi connectivity index (χ1v) is 10.9. The molecular formula is C24H21FN2O2S. The maximum atomic E-state index is 13.5. The summed E-state index contributed by atoms with van der Waals surface area (Å²) in [7, 11) is 0. The average molecular weight is 421 g/mol. The Morgan fingerprint density at radius 1 is 1.10 bits per heavy atom. The van der Waals surface area contributed by atoms with Gasteiger partial charge in [0.05, 0.1) is 12.5 Å². The van der Waals surface area contributed by atoms with Gasteiger partial charge in [0.25, 0.3) is 5.91 Å². The smallest absolute Gasteiger partial charge is 0.255 e. The number of hydrogen-bond donors (Lipinski definition) is 1. The van der Waals surface area contributed by atoms with E-state index in [2.05, 4.69) is 5.32 Å². The number of thioether (sulfide) groups is 1. The summed E-state index contributed by atoms with van der Waals surface area (Å²) in [5.74, 6) is -0.671. The summed E-state index contributed by atoms with van der Waals surface area (Å²) < 4.78 is 13.5. The molecule has 0 unspecified atom stereocenters. The summed E-state index contributed by atoms with van der Waals surface area (Å²) in [4.78, 5) is 28.6. The Bertz CT molecular complexity index is 1080. The first kappa shape index (κ1) is 20.2. The van der Waals surface area contributed by atoms with Crippen LogP contribution in [0.25, 0.3) is 0 Å². The van der Waals surface area contributed by atoms with E-state index in [1.807, 2.05) is 48.7 Å². The zero-order valence-corrected chi connectivity index (χ0v) is 17.3. The van der Waals surface area contributed by atoms with E-state index in [9.17, 15) is 14.0 Å². The van der Waals surface area contributed by atoms with Crippen molar-refractivity contribution in [3.63, 3.8) is 0 Å². The number of amides is 2. The Balaban J connectivity index is 1.59. The number of nitrogens with zero attached hydrogens (tertiary/aromatic N) is 1. The van der Waals surface area contributed by atoms with Crippen molar-refractivity contribution in [2.24, 2.45) is 0 Å². The van der Waals surface area contributed by atoms with Gasteiger partial charge >= 0.3 is 0 Å². The van der Waals surface area contributed by atoms with Gasteiger partial charge in [0.15, 0.2) is 0 Å². The monoisotopic (exact) mass is 420 g/mol. The molecule has 0 radical (unpaired) electrons. The van der Waals surface area contributed by atoms with Crippen LogP contribution in [0.15, 0.2) is 77.7 Å². The second kappa shape index (κ2) is 8.71. The van der Waals surface area contributed by atoms with E-state index in [0.717, 1.165) is 16.0 Å². The van der Waals surface area contributed by atoms with Gasteiger partial charge in [0.1, 0.15) is 5.82 Å². The van der Waals surface area contributed by atoms with Crippen LogP contribution in [0.5, 0.6) is 0 Å². The lowest BCUT2D eigenvalue weighted by atomic mass is 10.0. The summed E-state index contributed by atoms with van der Waals surface area (Å²) in [6.45, 7) is 0.423. The van der Waals surface area contributed by atoms with Crippen molar-refractivity contribution in [2.75, 3.05) is 11.6 Å². The molecule has 0 saturated carbocycles. The van der Waals surface area contributed by atoms with Gasteiger partial charge in [-0.25, -0.2) is 4.39 Å². The number of fused-ring (bicyclic) bond motifs is 1. The molecule has 1 aliphatic rings. The van der Waals surface area contributed by atoms with Crippen LogP contribution in [-0.4, -0.2) is 23.0 Å². The Kier molecular flexibility index (Phi) is 5.86. The quantitative estimate of drug-likeness (QED) is 0.553. The largest absolute Gasteiger partial charge is 0.327 e. The number of halogens is 1. The normalized spacial score (nSPS) is 13.8. The Morgan fingerprint density at radius 2 is 1.87 bits per heavy atom. The molecule has 0 aliphatic carbocycles. The lowest BCUT2D eigenvalue weighted by molar-refractivity contribution is -0.117. The van der Waals surface area contributed by atoms with Gasteiger partial charge in [-0.1, -0.05) is 36.4 Å². The molecular weight excluding hydrogens is 399 g/mol. The van der Waals surface area contributed by atoms with Gasteiger partial charge in [0, 0.05) is 22.7 Å². The number of carbonyl (C=O) groups is 2.